The first-order valence-corrected chi connectivity index (χ1v) is 5.23. The van der Waals surface area contributed by atoms with Gasteiger partial charge in [0.05, 0.1) is 18.0 Å². The fourth-order valence-corrected chi connectivity index (χ4v) is 1.34. The molecule has 3 N–H and O–H groups in total. The SMILES string of the molecule is CCOc1cccc(NC(C)(C)C)c1N. The van der Waals surface area contributed by atoms with Gasteiger partial charge in [-0.15, -0.1) is 0 Å². The van der Waals surface area contributed by atoms with Crippen LogP contribution in [0.2, 0.25) is 0 Å². The number of hydrogen-bond donors (Lipinski definition) is 2. The van der Waals surface area contributed by atoms with E-state index in [1.54, 1.807) is 0 Å². The van der Waals surface area contributed by atoms with Gasteiger partial charge in [0.15, 0.2) is 0 Å². The molecule has 0 heterocycles. The summed E-state index contributed by atoms with van der Waals surface area (Å²) in [5.74, 6) is 0.742. The summed E-state index contributed by atoms with van der Waals surface area (Å²) >= 11 is 0. The highest BCUT2D eigenvalue weighted by molar-refractivity contribution is 5.73. The number of nitrogens with two attached hydrogens (primary N) is 1. The zero-order valence-electron chi connectivity index (χ0n) is 9.92. The maximum atomic E-state index is 5.99. The molecule has 3 heteroatoms. The monoisotopic (exact) mass is 208 g/mol. The van der Waals surface area contributed by atoms with Crippen LogP contribution in [0.5, 0.6) is 5.75 Å². The molecule has 0 saturated carbocycles. The Kier molecular flexibility index (Phi) is 3.45. The Bertz CT molecular complexity index is 329. The van der Waals surface area contributed by atoms with Crippen molar-refractivity contribution in [3.63, 3.8) is 0 Å². The van der Waals surface area contributed by atoms with Crippen LogP contribution in [0, 0.1) is 0 Å². The van der Waals surface area contributed by atoms with Crippen LogP contribution in [0.4, 0.5) is 11.4 Å². The topological polar surface area (TPSA) is 47.3 Å². The van der Waals surface area contributed by atoms with E-state index in [1.165, 1.54) is 0 Å². The normalized spacial score (nSPS) is 11.2. The van der Waals surface area contributed by atoms with Gasteiger partial charge in [-0.05, 0) is 39.8 Å². The summed E-state index contributed by atoms with van der Waals surface area (Å²) in [6, 6.07) is 5.78. The lowest BCUT2D eigenvalue weighted by Crippen LogP contribution is -2.26. The van der Waals surface area contributed by atoms with Crippen LogP contribution in [0.15, 0.2) is 18.2 Å². The molecule has 0 fully saturated rings. The summed E-state index contributed by atoms with van der Waals surface area (Å²) in [7, 11) is 0. The molecule has 0 spiro atoms. The number of nitrogen functional groups attached to an aromatic ring is 1. The largest absolute Gasteiger partial charge is 0.492 e. The Morgan fingerprint density at radius 2 is 2.00 bits per heavy atom. The first-order chi connectivity index (χ1) is 6.94. The molecule has 0 radical (unpaired) electrons. The molecule has 1 rings (SSSR count). The van der Waals surface area contributed by atoms with Crippen LogP contribution in [0.3, 0.4) is 0 Å². The van der Waals surface area contributed by atoms with Crippen LogP contribution >= 0.6 is 0 Å². The molecular formula is C12H20N2O. The highest BCUT2D eigenvalue weighted by atomic mass is 16.5. The van der Waals surface area contributed by atoms with Gasteiger partial charge >= 0.3 is 0 Å². The van der Waals surface area contributed by atoms with Crippen molar-refractivity contribution in [2.75, 3.05) is 17.7 Å². The lowest BCUT2D eigenvalue weighted by molar-refractivity contribution is 0.342. The quantitative estimate of drug-likeness (QED) is 0.751. The number of hydrogen-bond acceptors (Lipinski definition) is 3. The Balaban J connectivity index is 2.94. The van der Waals surface area contributed by atoms with E-state index in [9.17, 15) is 0 Å². The van der Waals surface area contributed by atoms with E-state index in [4.69, 9.17) is 10.5 Å². The zero-order chi connectivity index (χ0) is 11.5. The van der Waals surface area contributed by atoms with Crippen molar-refractivity contribution >= 4 is 11.4 Å². The van der Waals surface area contributed by atoms with Gasteiger partial charge in [0, 0.05) is 5.54 Å². The van der Waals surface area contributed by atoms with Gasteiger partial charge in [0.25, 0.3) is 0 Å². The smallest absolute Gasteiger partial charge is 0.144 e. The van der Waals surface area contributed by atoms with Gasteiger partial charge in [-0.3, -0.25) is 0 Å². The minimum absolute atomic E-state index is 0.00103. The molecule has 1 aromatic carbocycles. The van der Waals surface area contributed by atoms with Crippen molar-refractivity contribution < 1.29 is 4.74 Å². The molecule has 0 aliphatic heterocycles. The molecule has 0 amide bonds. The van der Waals surface area contributed by atoms with E-state index < -0.39 is 0 Å². The van der Waals surface area contributed by atoms with Crippen molar-refractivity contribution in [3.05, 3.63) is 18.2 Å². The molecule has 1 aromatic rings. The second-order valence-corrected chi connectivity index (χ2v) is 4.53. The number of anilines is 2. The highest BCUT2D eigenvalue weighted by Gasteiger charge is 2.12. The maximum absolute atomic E-state index is 5.99. The third-order valence-electron chi connectivity index (χ3n) is 1.88. The van der Waals surface area contributed by atoms with Crippen LogP contribution in [0.25, 0.3) is 0 Å². The summed E-state index contributed by atoms with van der Waals surface area (Å²) in [4.78, 5) is 0. The average molecular weight is 208 g/mol. The Labute approximate surface area is 91.6 Å². The Hall–Kier alpha value is -1.38. The molecular weight excluding hydrogens is 188 g/mol. The summed E-state index contributed by atoms with van der Waals surface area (Å²) in [6.45, 7) is 8.87. The Morgan fingerprint density at radius 3 is 2.53 bits per heavy atom. The second kappa shape index (κ2) is 4.43. The predicted octanol–water partition coefficient (Wildman–Crippen LogP) is 2.88. The van der Waals surface area contributed by atoms with Crippen LogP contribution in [-0.4, -0.2) is 12.1 Å². The van der Waals surface area contributed by atoms with E-state index in [0.717, 1.165) is 11.4 Å². The molecule has 0 aliphatic rings. The lowest BCUT2D eigenvalue weighted by Gasteiger charge is -2.24. The first kappa shape index (κ1) is 11.7. The van der Waals surface area contributed by atoms with Crippen LogP contribution in [0.1, 0.15) is 27.7 Å². The number of nitrogens with one attached hydrogen (secondary N) is 1. The Morgan fingerprint density at radius 1 is 1.33 bits per heavy atom. The van der Waals surface area contributed by atoms with Crippen LogP contribution in [-0.2, 0) is 0 Å². The number of benzene rings is 1. The van der Waals surface area contributed by atoms with E-state index in [0.29, 0.717) is 12.3 Å². The van der Waals surface area contributed by atoms with Gasteiger partial charge in [0.2, 0.25) is 0 Å². The number of para-hydroxylation sites is 1. The third kappa shape index (κ3) is 3.35. The van der Waals surface area contributed by atoms with E-state index >= 15 is 0 Å². The van der Waals surface area contributed by atoms with Gasteiger partial charge in [-0.1, -0.05) is 6.07 Å². The van der Waals surface area contributed by atoms with E-state index in [2.05, 4.69) is 26.1 Å². The molecule has 0 bridgehead atoms. The van der Waals surface area contributed by atoms with E-state index in [1.807, 2.05) is 25.1 Å². The molecule has 0 unspecified atom stereocenters. The molecule has 0 atom stereocenters. The molecule has 84 valence electrons. The molecule has 3 nitrogen and oxygen atoms in total. The standard InChI is InChI=1S/C12H20N2O/c1-5-15-10-8-6-7-9(11(10)13)14-12(2,3)4/h6-8,14H,5,13H2,1-4H3. The van der Waals surface area contributed by atoms with Crippen molar-refractivity contribution in [2.24, 2.45) is 0 Å². The van der Waals surface area contributed by atoms with Crippen molar-refractivity contribution in [3.8, 4) is 5.75 Å². The second-order valence-electron chi connectivity index (χ2n) is 4.53. The van der Waals surface area contributed by atoms with Crippen molar-refractivity contribution in [1.82, 2.24) is 0 Å². The average Bonchev–Trinajstić information content (AvgIpc) is 2.10. The predicted molar refractivity (Wildman–Crippen MR) is 65.4 cm³/mol. The third-order valence-corrected chi connectivity index (χ3v) is 1.88. The fraction of sp³-hybridized carbons (Fsp3) is 0.500. The highest BCUT2D eigenvalue weighted by Crippen LogP contribution is 2.30. The first-order valence-electron chi connectivity index (χ1n) is 5.23. The van der Waals surface area contributed by atoms with Crippen molar-refractivity contribution in [1.29, 1.82) is 0 Å². The lowest BCUT2D eigenvalue weighted by atomic mass is 10.1. The summed E-state index contributed by atoms with van der Waals surface area (Å²) in [5.41, 5.74) is 7.59. The van der Waals surface area contributed by atoms with Gasteiger partial charge in [-0.2, -0.15) is 0 Å². The maximum Gasteiger partial charge on any atom is 0.144 e. The van der Waals surface area contributed by atoms with Gasteiger partial charge < -0.3 is 15.8 Å². The minimum Gasteiger partial charge on any atom is -0.492 e. The number of rotatable bonds is 3. The zero-order valence-corrected chi connectivity index (χ0v) is 9.92. The molecule has 15 heavy (non-hydrogen) atoms. The molecule has 0 saturated heterocycles. The van der Waals surface area contributed by atoms with Crippen LogP contribution < -0.4 is 15.8 Å². The number of ether oxygens (including phenoxy) is 1. The molecule has 0 aliphatic carbocycles. The fourth-order valence-electron chi connectivity index (χ4n) is 1.34. The summed E-state index contributed by atoms with van der Waals surface area (Å²) in [6.07, 6.45) is 0. The minimum atomic E-state index is -0.00103. The summed E-state index contributed by atoms with van der Waals surface area (Å²) in [5, 5.41) is 3.34. The summed E-state index contributed by atoms with van der Waals surface area (Å²) < 4.78 is 5.43. The van der Waals surface area contributed by atoms with Gasteiger partial charge in [-0.25, -0.2) is 0 Å². The van der Waals surface area contributed by atoms with Gasteiger partial charge in [0.1, 0.15) is 5.75 Å². The molecule has 0 aromatic heterocycles. The van der Waals surface area contributed by atoms with Crippen molar-refractivity contribution in [2.45, 2.75) is 33.2 Å². The van der Waals surface area contributed by atoms with E-state index in [-0.39, 0.29) is 5.54 Å².